The highest BCUT2D eigenvalue weighted by Gasteiger charge is 2.18. The van der Waals surface area contributed by atoms with E-state index in [4.69, 9.17) is 10.3 Å². The third kappa shape index (κ3) is 2.82. The maximum Gasteiger partial charge on any atom is 0.314 e. The minimum Gasteiger partial charge on any atom is -0.485 e. The van der Waals surface area contributed by atoms with Crippen molar-refractivity contribution < 1.29 is 14.1 Å². The van der Waals surface area contributed by atoms with E-state index in [-0.39, 0.29) is 13.2 Å². The van der Waals surface area contributed by atoms with Crippen molar-refractivity contribution in [1.29, 1.82) is 0 Å². The van der Waals surface area contributed by atoms with Crippen LogP contribution in [0, 0.1) is 15.9 Å². The van der Waals surface area contributed by atoms with Gasteiger partial charge in [-0.3, -0.25) is 10.1 Å². The van der Waals surface area contributed by atoms with Crippen molar-refractivity contribution >= 4 is 5.69 Å². The van der Waals surface area contributed by atoms with Gasteiger partial charge in [-0.2, -0.15) is 0 Å². The topological polar surface area (TPSA) is 101 Å². The van der Waals surface area contributed by atoms with Crippen molar-refractivity contribution in [3.63, 3.8) is 0 Å². The average Bonchev–Trinajstić information content (AvgIpc) is 2.25. The predicted octanol–water partition coefficient (Wildman–Crippen LogP) is 2.42. The second kappa shape index (κ2) is 5.52. The van der Waals surface area contributed by atoms with Crippen LogP contribution in [0.2, 0.25) is 0 Å². The van der Waals surface area contributed by atoms with E-state index in [0.29, 0.717) is 0 Å². The van der Waals surface area contributed by atoms with E-state index in [1.54, 1.807) is 0 Å². The number of benzene rings is 1. The molecule has 0 heterocycles. The fraction of sp³-hybridized carbons (Fsp3) is 0.250. The van der Waals surface area contributed by atoms with Crippen LogP contribution in [0.4, 0.5) is 10.1 Å². The van der Waals surface area contributed by atoms with Gasteiger partial charge in [0.25, 0.3) is 0 Å². The number of halogens is 1. The minimum atomic E-state index is -0.824. The summed E-state index contributed by atoms with van der Waals surface area (Å²) in [5.74, 6) is -1.27. The molecule has 0 saturated carbocycles. The van der Waals surface area contributed by atoms with Gasteiger partial charge >= 0.3 is 5.69 Å². The Morgan fingerprint density at radius 2 is 2.38 bits per heavy atom. The molecule has 16 heavy (non-hydrogen) atoms. The fourth-order valence-corrected chi connectivity index (χ4v) is 1.02. The van der Waals surface area contributed by atoms with Crippen molar-refractivity contribution in [1.82, 2.24) is 0 Å². The zero-order valence-corrected chi connectivity index (χ0v) is 8.04. The first kappa shape index (κ1) is 11.7. The zero-order chi connectivity index (χ0) is 12.0. The second-order valence-electron chi connectivity index (χ2n) is 2.65. The minimum absolute atomic E-state index is 0.0258. The lowest BCUT2D eigenvalue weighted by molar-refractivity contribution is -0.386. The van der Waals surface area contributed by atoms with Crippen LogP contribution in [-0.4, -0.2) is 18.1 Å². The van der Waals surface area contributed by atoms with Crippen molar-refractivity contribution in [2.24, 2.45) is 5.11 Å². The van der Waals surface area contributed by atoms with E-state index in [9.17, 15) is 14.5 Å². The molecular weight excluding hydrogens is 219 g/mol. The molecule has 0 fully saturated rings. The highest BCUT2D eigenvalue weighted by molar-refractivity contribution is 5.46. The maximum atomic E-state index is 13.2. The van der Waals surface area contributed by atoms with Gasteiger partial charge < -0.3 is 4.74 Å². The predicted molar refractivity (Wildman–Crippen MR) is 52.6 cm³/mol. The van der Waals surface area contributed by atoms with Gasteiger partial charge in [-0.05, 0) is 11.6 Å². The van der Waals surface area contributed by atoms with E-state index >= 15 is 0 Å². The Kier molecular flexibility index (Phi) is 4.05. The standard InChI is InChI=1S/C8H7FN4O3/c9-6-2-1-3-7(13(14)15)8(6)16-5-4-11-12-10/h1-3H,4-5H2. The molecule has 0 aliphatic carbocycles. The van der Waals surface area contributed by atoms with Crippen LogP contribution in [0.15, 0.2) is 23.3 Å². The first-order valence-corrected chi connectivity index (χ1v) is 4.23. The molecule has 0 bridgehead atoms. The maximum absolute atomic E-state index is 13.2. The number of para-hydroxylation sites is 1. The molecule has 0 spiro atoms. The summed E-state index contributed by atoms with van der Waals surface area (Å²) in [4.78, 5) is 12.3. The van der Waals surface area contributed by atoms with Gasteiger partial charge in [-0.1, -0.05) is 11.2 Å². The molecular formula is C8H7FN4O3. The van der Waals surface area contributed by atoms with Gasteiger partial charge in [0.05, 0.1) is 18.1 Å². The van der Waals surface area contributed by atoms with Gasteiger partial charge in [0.2, 0.25) is 5.75 Å². The summed E-state index contributed by atoms with van der Waals surface area (Å²) in [5, 5.41) is 13.7. The highest BCUT2D eigenvalue weighted by Crippen LogP contribution is 2.29. The highest BCUT2D eigenvalue weighted by atomic mass is 19.1. The van der Waals surface area contributed by atoms with E-state index in [1.165, 1.54) is 6.07 Å². The summed E-state index contributed by atoms with van der Waals surface area (Å²) < 4.78 is 18.0. The molecule has 8 heteroatoms. The van der Waals surface area contributed by atoms with Crippen LogP contribution in [0.25, 0.3) is 10.4 Å². The lowest BCUT2D eigenvalue weighted by Crippen LogP contribution is -2.04. The average molecular weight is 226 g/mol. The smallest absolute Gasteiger partial charge is 0.314 e. The molecule has 0 aliphatic rings. The largest absolute Gasteiger partial charge is 0.485 e. The van der Waals surface area contributed by atoms with Gasteiger partial charge in [-0.15, -0.1) is 0 Å². The Labute approximate surface area is 89.2 Å². The first-order valence-electron chi connectivity index (χ1n) is 4.23. The number of nitrogens with zero attached hydrogens (tertiary/aromatic N) is 4. The van der Waals surface area contributed by atoms with Crippen LogP contribution < -0.4 is 4.74 Å². The molecule has 0 N–H and O–H groups in total. The van der Waals surface area contributed by atoms with Crippen LogP contribution in [0.3, 0.4) is 0 Å². The lowest BCUT2D eigenvalue weighted by atomic mass is 10.3. The van der Waals surface area contributed by atoms with Crippen molar-refractivity contribution in [3.05, 3.63) is 44.6 Å². The number of rotatable bonds is 5. The molecule has 1 rings (SSSR count). The fourth-order valence-electron chi connectivity index (χ4n) is 1.02. The molecule has 1 aromatic carbocycles. The van der Waals surface area contributed by atoms with Gasteiger partial charge in [0, 0.05) is 11.0 Å². The zero-order valence-electron chi connectivity index (χ0n) is 8.04. The Bertz CT molecular complexity index is 445. The number of nitro groups is 1. The van der Waals surface area contributed by atoms with Crippen molar-refractivity contribution in [3.8, 4) is 5.75 Å². The SMILES string of the molecule is [N-]=[N+]=NCCOc1c(F)cccc1[N+](=O)[O-]. The quantitative estimate of drug-likeness (QED) is 0.192. The van der Waals surface area contributed by atoms with E-state index in [2.05, 4.69) is 10.0 Å². The summed E-state index contributed by atoms with van der Waals surface area (Å²) in [5.41, 5.74) is 7.52. The summed E-state index contributed by atoms with van der Waals surface area (Å²) in [6.07, 6.45) is 0. The molecule has 0 radical (unpaired) electrons. The van der Waals surface area contributed by atoms with Crippen LogP contribution in [0.5, 0.6) is 5.75 Å². The van der Waals surface area contributed by atoms with Gasteiger partial charge in [-0.25, -0.2) is 4.39 Å². The normalized spacial score (nSPS) is 9.31. The number of nitro benzene ring substituents is 1. The van der Waals surface area contributed by atoms with Crippen LogP contribution in [-0.2, 0) is 0 Å². The molecule has 0 aromatic heterocycles. The Morgan fingerprint density at radius 3 is 3.00 bits per heavy atom. The summed E-state index contributed by atoms with van der Waals surface area (Å²) in [6, 6.07) is 3.40. The van der Waals surface area contributed by atoms with E-state index in [1.807, 2.05) is 0 Å². The van der Waals surface area contributed by atoms with Crippen LogP contribution >= 0.6 is 0 Å². The Morgan fingerprint density at radius 1 is 1.62 bits per heavy atom. The first-order chi connectivity index (χ1) is 7.66. The van der Waals surface area contributed by atoms with Gasteiger partial charge in [0.1, 0.15) is 0 Å². The van der Waals surface area contributed by atoms with E-state index in [0.717, 1.165) is 12.1 Å². The van der Waals surface area contributed by atoms with E-state index < -0.39 is 22.2 Å². The summed E-state index contributed by atoms with van der Waals surface area (Å²) in [6.45, 7) is -0.145. The molecule has 0 atom stereocenters. The lowest BCUT2D eigenvalue weighted by Gasteiger charge is -2.05. The number of ether oxygens (including phenoxy) is 1. The monoisotopic (exact) mass is 226 g/mol. The van der Waals surface area contributed by atoms with Gasteiger partial charge in [0.15, 0.2) is 5.82 Å². The van der Waals surface area contributed by atoms with Crippen molar-refractivity contribution in [2.75, 3.05) is 13.2 Å². The number of hydrogen-bond acceptors (Lipinski definition) is 4. The number of hydrogen-bond donors (Lipinski definition) is 0. The molecule has 7 nitrogen and oxygen atoms in total. The number of azide groups is 1. The molecule has 0 saturated heterocycles. The third-order valence-corrected chi connectivity index (χ3v) is 1.64. The Hall–Kier alpha value is -2.34. The third-order valence-electron chi connectivity index (χ3n) is 1.64. The van der Waals surface area contributed by atoms with Crippen molar-refractivity contribution in [2.45, 2.75) is 0 Å². The van der Waals surface area contributed by atoms with Crippen LogP contribution in [0.1, 0.15) is 0 Å². The Balaban J connectivity index is 2.84. The molecule has 0 amide bonds. The summed E-state index contributed by atoms with van der Waals surface area (Å²) >= 11 is 0. The molecule has 84 valence electrons. The summed E-state index contributed by atoms with van der Waals surface area (Å²) in [7, 11) is 0. The molecule has 0 unspecified atom stereocenters. The molecule has 0 aliphatic heterocycles. The second-order valence-corrected chi connectivity index (χ2v) is 2.65. The molecule has 1 aromatic rings.